The van der Waals surface area contributed by atoms with Crippen molar-refractivity contribution in [3.63, 3.8) is 0 Å². The Labute approximate surface area is 170 Å². The van der Waals surface area contributed by atoms with Gasteiger partial charge in [-0.15, -0.1) is 0 Å². The average Bonchev–Trinajstić information content (AvgIpc) is 3.18. The van der Waals surface area contributed by atoms with E-state index in [0.717, 1.165) is 26.1 Å². The summed E-state index contributed by atoms with van der Waals surface area (Å²) in [5.41, 5.74) is 1.52. The first-order valence-electron chi connectivity index (χ1n) is 9.53. The van der Waals surface area contributed by atoms with Gasteiger partial charge in [-0.1, -0.05) is 30.3 Å². The summed E-state index contributed by atoms with van der Waals surface area (Å²) in [6.07, 6.45) is 0.875. The normalized spacial score (nSPS) is 16.3. The summed E-state index contributed by atoms with van der Waals surface area (Å²) in [7, 11) is 3.00. The number of nitrogens with zero attached hydrogens (tertiary/aromatic N) is 1. The van der Waals surface area contributed by atoms with Gasteiger partial charge in [-0.05, 0) is 24.1 Å². The summed E-state index contributed by atoms with van der Waals surface area (Å²) >= 11 is 0. The molecule has 7 nitrogen and oxygen atoms in total. The first-order chi connectivity index (χ1) is 14.1. The van der Waals surface area contributed by atoms with Crippen LogP contribution in [0.1, 0.15) is 22.3 Å². The number of rotatable bonds is 8. The lowest BCUT2D eigenvalue weighted by molar-refractivity contribution is -0.124. The molecular weight excluding hydrogens is 372 g/mol. The highest BCUT2D eigenvalue weighted by Gasteiger charge is 2.24. The molecule has 0 aliphatic carbocycles. The van der Waals surface area contributed by atoms with Crippen molar-refractivity contribution < 1.29 is 23.8 Å². The Morgan fingerprint density at radius 2 is 1.76 bits per heavy atom. The SMILES string of the molecule is COc1cc(OC)cc(C(=O)OCC(=O)NC2CCN(Cc3ccccc3)C2)c1. The van der Waals surface area contributed by atoms with Gasteiger partial charge in [0.15, 0.2) is 6.61 Å². The molecule has 7 heteroatoms. The van der Waals surface area contributed by atoms with Gasteiger partial charge in [0, 0.05) is 31.7 Å². The fraction of sp³-hybridized carbons (Fsp3) is 0.364. The third-order valence-corrected chi connectivity index (χ3v) is 4.81. The molecule has 1 amide bonds. The molecule has 1 N–H and O–H groups in total. The molecule has 2 aromatic rings. The summed E-state index contributed by atoms with van der Waals surface area (Å²) in [6, 6.07) is 15.0. The predicted octanol–water partition coefficient (Wildman–Crippen LogP) is 2.25. The number of ether oxygens (including phenoxy) is 3. The molecule has 0 aromatic heterocycles. The molecule has 0 bridgehead atoms. The fourth-order valence-corrected chi connectivity index (χ4v) is 3.34. The van der Waals surface area contributed by atoms with Crippen LogP contribution in [-0.2, 0) is 16.1 Å². The van der Waals surface area contributed by atoms with E-state index in [-0.39, 0.29) is 24.1 Å². The molecule has 1 aliphatic rings. The average molecular weight is 398 g/mol. The number of likely N-dealkylation sites (tertiary alicyclic amines) is 1. The quantitative estimate of drug-likeness (QED) is 0.688. The van der Waals surface area contributed by atoms with Gasteiger partial charge in [0.2, 0.25) is 0 Å². The molecule has 0 radical (unpaired) electrons. The zero-order valence-electron chi connectivity index (χ0n) is 16.7. The van der Waals surface area contributed by atoms with Crippen molar-refractivity contribution in [2.45, 2.75) is 19.0 Å². The molecule has 2 aromatic carbocycles. The van der Waals surface area contributed by atoms with Gasteiger partial charge in [0.05, 0.1) is 19.8 Å². The summed E-state index contributed by atoms with van der Waals surface area (Å²) in [5.74, 6) is 0.0460. The summed E-state index contributed by atoms with van der Waals surface area (Å²) < 4.78 is 15.4. The van der Waals surface area contributed by atoms with E-state index in [0.29, 0.717) is 11.5 Å². The highest BCUT2D eigenvalue weighted by Crippen LogP contribution is 2.23. The van der Waals surface area contributed by atoms with E-state index in [1.807, 2.05) is 18.2 Å². The van der Waals surface area contributed by atoms with Crippen LogP contribution < -0.4 is 14.8 Å². The minimum atomic E-state index is -0.602. The minimum Gasteiger partial charge on any atom is -0.497 e. The molecule has 1 saturated heterocycles. The van der Waals surface area contributed by atoms with Gasteiger partial charge >= 0.3 is 5.97 Å². The number of hydrogen-bond donors (Lipinski definition) is 1. The molecule has 1 atom stereocenters. The predicted molar refractivity (Wildman–Crippen MR) is 108 cm³/mol. The number of amides is 1. The van der Waals surface area contributed by atoms with Crippen LogP contribution in [0.4, 0.5) is 0 Å². The molecule has 0 spiro atoms. The third kappa shape index (κ3) is 5.96. The van der Waals surface area contributed by atoms with E-state index in [1.165, 1.54) is 19.8 Å². The van der Waals surface area contributed by atoms with E-state index < -0.39 is 5.97 Å². The van der Waals surface area contributed by atoms with Gasteiger partial charge in [-0.2, -0.15) is 0 Å². The van der Waals surface area contributed by atoms with Crippen LogP contribution >= 0.6 is 0 Å². The van der Waals surface area contributed by atoms with Gasteiger partial charge in [-0.3, -0.25) is 9.69 Å². The lowest BCUT2D eigenvalue weighted by Crippen LogP contribution is -2.39. The van der Waals surface area contributed by atoms with Crippen molar-refractivity contribution in [3.8, 4) is 11.5 Å². The largest absolute Gasteiger partial charge is 0.497 e. The topological polar surface area (TPSA) is 77.1 Å². The maximum absolute atomic E-state index is 12.3. The van der Waals surface area contributed by atoms with E-state index in [4.69, 9.17) is 14.2 Å². The number of hydrogen-bond acceptors (Lipinski definition) is 6. The number of nitrogens with one attached hydrogen (secondary N) is 1. The Bertz CT molecular complexity index is 818. The molecule has 1 aliphatic heterocycles. The highest BCUT2D eigenvalue weighted by molar-refractivity contribution is 5.92. The highest BCUT2D eigenvalue weighted by atomic mass is 16.5. The molecule has 1 fully saturated rings. The van der Waals surface area contributed by atoms with Crippen LogP contribution in [0.25, 0.3) is 0 Å². The van der Waals surface area contributed by atoms with Crippen molar-refractivity contribution in [3.05, 3.63) is 59.7 Å². The lowest BCUT2D eigenvalue weighted by atomic mass is 10.2. The maximum atomic E-state index is 12.3. The smallest absolute Gasteiger partial charge is 0.338 e. The lowest BCUT2D eigenvalue weighted by Gasteiger charge is -2.17. The fourth-order valence-electron chi connectivity index (χ4n) is 3.34. The van der Waals surface area contributed by atoms with Crippen molar-refractivity contribution in [2.75, 3.05) is 33.9 Å². The zero-order chi connectivity index (χ0) is 20.6. The second-order valence-electron chi connectivity index (χ2n) is 6.95. The standard InChI is InChI=1S/C22H26N2O5/c1-27-19-10-17(11-20(12-19)28-2)22(26)29-15-21(25)23-18-8-9-24(14-18)13-16-6-4-3-5-7-16/h3-7,10-12,18H,8-9,13-15H2,1-2H3,(H,23,25). The number of methoxy groups -OCH3 is 2. The van der Waals surface area contributed by atoms with Gasteiger partial charge in [0.1, 0.15) is 11.5 Å². The van der Waals surface area contributed by atoms with Crippen LogP contribution in [0.15, 0.2) is 48.5 Å². The van der Waals surface area contributed by atoms with Crippen LogP contribution in [0, 0.1) is 0 Å². The van der Waals surface area contributed by atoms with Crippen molar-refractivity contribution >= 4 is 11.9 Å². The Hall–Kier alpha value is -3.06. The van der Waals surface area contributed by atoms with E-state index in [2.05, 4.69) is 22.3 Å². The summed E-state index contributed by atoms with van der Waals surface area (Å²) in [5, 5.41) is 2.94. The number of benzene rings is 2. The van der Waals surface area contributed by atoms with Crippen LogP contribution in [0.2, 0.25) is 0 Å². The Morgan fingerprint density at radius 3 is 2.41 bits per heavy atom. The molecular formula is C22H26N2O5. The van der Waals surface area contributed by atoms with Crippen molar-refractivity contribution in [1.82, 2.24) is 10.2 Å². The van der Waals surface area contributed by atoms with E-state index in [1.54, 1.807) is 18.2 Å². The van der Waals surface area contributed by atoms with E-state index in [9.17, 15) is 9.59 Å². The molecule has 154 valence electrons. The minimum absolute atomic E-state index is 0.0572. The number of carbonyl (C=O) groups excluding carboxylic acids is 2. The summed E-state index contributed by atoms with van der Waals surface area (Å²) in [4.78, 5) is 26.7. The Morgan fingerprint density at radius 1 is 1.07 bits per heavy atom. The number of carbonyl (C=O) groups is 2. The second kappa shape index (κ2) is 9.93. The van der Waals surface area contributed by atoms with Gasteiger partial charge in [-0.25, -0.2) is 4.79 Å². The van der Waals surface area contributed by atoms with Crippen molar-refractivity contribution in [2.24, 2.45) is 0 Å². The number of esters is 1. The first-order valence-corrected chi connectivity index (χ1v) is 9.53. The van der Waals surface area contributed by atoms with Gasteiger partial charge < -0.3 is 19.5 Å². The second-order valence-corrected chi connectivity index (χ2v) is 6.95. The molecule has 1 heterocycles. The molecule has 29 heavy (non-hydrogen) atoms. The van der Waals surface area contributed by atoms with Crippen molar-refractivity contribution in [1.29, 1.82) is 0 Å². The van der Waals surface area contributed by atoms with E-state index >= 15 is 0 Å². The molecule has 0 saturated carbocycles. The molecule has 1 unspecified atom stereocenters. The third-order valence-electron chi connectivity index (χ3n) is 4.81. The Kier molecular flexibility index (Phi) is 7.08. The van der Waals surface area contributed by atoms with Crippen LogP contribution in [0.5, 0.6) is 11.5 Å². The molecule has 3 rings (SSSR count). The van der Waals surface area contributed by atoms with Gasteiger partial charge in [0.25, 0.3) is 5.91 Å². The zero-order valence-corrected chi connectivity index (χ0v) is 16.7. The Balaban J connectivity index is 1.45. The summed E-state index contributed by atoms with van der Waals surface area (Å²) in [6.45, 7) is 2.23. The van der Waals surface area contributed by atoms with Crippen LogP contribution in [-0.4, -0.2) is 56.7 Å². The monoisotopic (exact) mass is 398 g/mol. The maximum Gasteiger partial charge on any atom is 0.338 e. The first kappa shape index (κ1) is 20.7. The van der Waals surface area contributed by atoms with Crippen LogP contribution in [0.3, 0.4) is 0 Å².